The van der Waals surface area contributed by atoms with Crippen LogP contribution in [-0.4, -0.2) is 41.6 Å². The molecule has 7 nitrogen and oxygen atoms in total. The lowest BCUT2D eigenvalue weighted by molar-refractivity contribution is -0.133. The fourth-order valence-electron chi connectivity index (χ4n) is 2.29. The lowest BCUT2D eigenvalue weighted by Crippen LogP contribution is -2.49. The molecular weight excluding hydrogens is 288 g/mol. The van der Waals surface area contributed by atoms with E-state index in [0.717, 1.165) is 6.42 Å². The number of carboxylic acid groups (broad SMARTS) is 1. The summed E-state index contributed by atoms with van der Waals surface area (Å²) >= 11 is 0. The first-order valence-corrected chi connectivity index (χ1v) is 7.01. The van der Waals surface area contributed by atoms with Gasteiger partial charge in [0.2, 0.25) is 11.8 Å². The SMILES string of the molecule is NC(=O)[C@H](Cc1ccc(C(=O)O)cc1)NC(=O)[C@@H]1CCCO1. The zero-order chi connectivity index (χ0) is 16.1. The lowest BCUT2D eigenvalue weighted by atomic mass is 10.0. The molecule has 1 aromatic carbocycles. The molecule has 1 fully saturated rings. The maximum absolute atomic E-state index is 12.0. The molecule has 1 heterocycles. The van der Waals surface area contributed by atoms with Gasteiger partial charge in [0.15, 0.2) is 0 Å². The third kappa shape index (κ3) is 4.05. The number of nitrogens with two attached hydrogens (primary N) is 1. The van der Waals surface area contributed by atoms with Crippen LogP contribution < -0.4 is 11.1 Å². The molecular formula is C15H18N2O5. The van der Waals surface area contributed by atoms with Crippen molar-refractivity contribution in [1.29, 1.82) is 0 Å². The van der Waals surface area contributed by atoms with Gasteiger partial charge in [0, 0.05) is 13.0 Å². The van der Waals surface area contributed by atoms with Gasteiger partial charge in [-0.3, -0.25) is 9.59 Å². The molecule has 2 amide bonds. The van der Waals surface area contributed by atoms with Crippen LogP contribution in [0.25, 0.3) is 0 Å². The molecule has 4 N–H and O–H groups in total. The summed E-state index contributed by atoms with van der Waals surface area (Å²) in [5, 5.41) is 11.4. The molecule has 0 aliphatic carbocycles. The maximum atomic E-state index is 12.0. The third-order valence-corrected chi connectivity index (χ3v) is 3.52. The molecule has 0 saturated carbocycles. The van der Waals surface area contributed by atoms with Gasteiger partial charge in [0.05, 0.1) is 5.56 Å². The first kappa shape index (κ1) is 16.0. The number of amides is 2. The summed E-state index contributed by atoms with van der Waals surface area (Å²) in [5.41, 5.74) is 6.19. The molecule has 7 heteroatoms. The summed E-state index contributed by atoms with van der Waals surface area (Å²) < 4.78 is 5.26. The van der Waals surface area contributed by atoms with E-state index >= 15 is 0 Å². The molecule has 0 radical (unpaired) electrons. The second-order valence-corrected chi connectivity index (χ2v) is 5.17. The van der Waals surface area contributed by atoms with Crippen LogP contribution in [0.15, 0.2) is 24.3 Å². The van der Waals surface area contributed by atoms with Crippen LogP contribution in [0.3, 0.4) is 0 Å². The van der Waals surface area contributed by atoms with Crippen LogP contribution in [0.4, 0.5) is 0 Å². The predicted molar refractivity (Wildman–Crippen MR) is 77.2 cm³/mol. The largest absolute Gasteiger partial charge is 0.478 e. The number of aromatic carboxylic acids is 1. The van der Waals surface area contributed by atoms with Gasteiger partial charge in [-0.25, -0.2) is 4.79 Å². The number of hydrogen-bond acceptors (Lipinski definition) is 4. The Kier molecular flexibility index (Phi) is 5.11. The Hall–Kier alpha value is -2.41. The van der Waals surface area contributed by atoms with Crippen molar-refractivity contribution in [3.8, 4) is 0 Å². The van der Waals surface area contributed by atoms with E-state index in [1.165, 1.54) is 12.1 Å². The van der Waals surface area contributed by atoms with Gasteiger partial charge < -0.3 is 20.9 Å². The summed E-state index contributed by atoms with van der Waals surface area (Å²) in [6.45, 7) is 0.538. The second kappa shape index (κ2) is 7.04. The molecule has 1 aliphatic heterocycles. The highest BCUT2D eigenvalue weighted by Crippen LogP contribution is 2.13. The van der Waals surface area contributed by atoms with Crippen LogP contribution in [0.1, 0.15) is 28.8 Å². The molecule has 0 bridgehead atoms. The van der Waals surface area contributed by atoms with Crippen LogP contribution >= 0.6 is 0 Å². The van der Waals surface area contributed by atoms with Crippen molar-refractivity contribution in [2.75, 3.05) is 6.61 Å². The zero-order valence-electron chi connectivity index (χ0n) is 12.0. The average Bonchev–Trinajstić information content (AvgIpc) is 3.01. The van der Waals surface area contributed by atoms with Crippen molar-refractivity contribution < 1.29 is 24.2 Å². The number of hydrogen-bond donors (Lipinski definition) is 3. The van der Waals surface area contributed by atoms with Gasteiger partial charge in [-0.05, 0) is 30.5 Å². The highest BCUT2D eigenvalue weighted by molar-refractivity contribution is 5.89. The number of carbonyl (C=O) groups excluding carboxylic acids is 2. The summed E-state index contributed by atoms with van der Waals surface area (Å²) in [7, 11) is 0. The first-order valence-electron chi connectivity index (χ1n) is 7.01. The van der Waals surface area contributed by atoms with E-state index < -0.39 is 24.0 Å². The van der Waals surface area contributed by atoms with E-state index in [0.29, 0.717) is 18.6 Å². The normalized spacial score (nSPS) is 18.6. The summed E-state index contributed by atoms with van der Waals surface area (Å²) in [6, 6.07) is 5.22. The number of carboxylic acids is 1. The Bertz CT molecular complexity index is 564. The van der Waals surface area contributed by atoms with Crippen LogP contribution in [0.5, 0.6) is 0 Å². The Morgan fingerprint density at radius 2 is 2.00 bits per heavy atom. The Balaban J connectivity index is 2.00. The Labute approximate surface area is 127 Å². The van der Waals surface area contributed by atoms with Crippen molar-refractivity contribution >= 4 is 17.8 Å². The molecule has 118 valence electrons. The topological polar surface area (TPSA) is 119 Å². The highest BCUT2D eigenvalue weighted by Gasteiger charge is 2.27. The zero-order valence-corrected chi connectivity index (χ0v) is 12.0. The van der Waals surface area contributed by atoms with Gasteiger partial charge in [0.25, 0.3) is 0 Å². The predicted octanol–water partition coefficient (Wildman–Crippen LogP) is 0.0764. The van der Waals surface area contributed by atoms with E-state index in [4.69, 9.17) is 15.6 Å². The van der Waals surface area contributed by atoms with Crippen molar-refractivity contribution in [2.24, 2.45) is 5.73 Å². The van der Waals surface area contributed by atoms with Crippen LogP contribution in [0.2, 0.25) is 0 Å². The minimum atomic E-state index is -1.02. The molecule has 22 heavy (non-hydrogen) atoms. The van der Waals surface area contributed by atoms with Gasteiger partial charge in [0.1, 0.15) is 12.1 Å². The van der Waals surface area contributed by atoms with Gasteiger partial charge >= 0.3 is 5.97 Å². The van der Waals surface area contributed by atoms with Crippen LogP contribution in [-0.2, 0) is 20.7 Å². The minimum absolute atomic E-state index is 0.155. The Morgan fingerprint density at radius 1 is 1.32 bits per heavy atom. The monoisotopic (exact) mass is 306 g/mol. The number of ether oxygens (including phenoxy) is 1. The standard InChI is InChI=1S/C15H18N2O5/c16-13(18)11(17-14(19)12-2-1-7-22-12)8-9-3-5-10(6-4-9)15(20)21/h3-6,11-12H,1-2,7-8H2,(H2,16,18)(H,17,19)(H,20,21)/t11-,12-/m0/s1. The molecule has 1 aromatic rings. The average molecular weight is 306 g/mol. The van der Waals surface area contributed by atoms with E-state index in [2.05, 4.69) is 5.32 Å². The van der Waals surface area contributed by atoms with Gasteiger partial charge in [-0.15, -0.1) is 0 Å². The smallest absolute Gasteiger partial charge is 0.335 e. The highest BCUT2D eigenvalue weighted by atomic mass is 16.5. The van der Waals surface area contributed by atoms with E-state index in [1.807, 2.05) is 0 Å². The quantitative estimate of drug-likeness (QED) is 0.687. The van der Waals surface area contributed by atoms with E-state index in [1.54, 1.807) is 12.1 Å². The Morgan fingerprint density at radius 3 is 2.50 bits per heavy atom. The molecule has 2 atom stereocenters. The lowest BCUT2D eigenvalue weighted by Gasteiger charge is -2.18. The number of primary amides is 1. The fraction of sp³-hybridized carbons (Fsp3) is 0.400. The van der Waals surface area contributed by atoms with Crippen molar-refractivity contribution in [3.05, 3.63) is 35.4 Å². The minimum Gasteiger partial charge on any atom is -0.478 e. The van der Waals surface area contributed by atoms with Crippen LogP contribution in [0, 0.1) is 0 Å². The molecule has 1 aliphatic rings. The number of rotatable bonds is 6. The van der Waals surface area contributed by atoms with Crippen molar-refractivity contribution in [3.63, 3.8) is 0 Å². The number of carbonyl (C=O) groups is 3. The van der Waals surface area contributed by atoms with Crippen molar-refractivity contribution in [1.82, 2.24) is 5.32 Å². The van der Waals surface area contributed by atoms with Gasteiger partial charge in [-0.2, -0.15) is 0 Å². The number of nitrogens with one attached hydrogen (secondary N) is 1. The van der Waals surface area contributed by atoms with Crippen molar-refractivity contribution in [2.45, 2.75) is 31.4 Å². The second-order valence-electron chi connectivity index (χ2n) is 5.17. The number of benzene rings is 1. The molecule has 2 rings (SSSR count). The maximum Gasteiger partial charge on any atom is 0.335 e. The molecule has 0 unspecified atom stereocenters. The van der Waals surface area contributed by atoms with Gasteiger partial charge in [-0.1, -0.05) is 12.1 Å². The molecule has 0 spiro atoms. The molecule has 1 saturated heterocycles. The summed E-state index contributed by atoms with van der Waals surface area (Å²) in [4.78, 5) is 34.3. The first-order chi connectivity index (χ1) is 10.5. The summed E-state index contributed by atoms with van der Waals surface area (Å²) in [6.07, 6.45) is 1.12. The fourth-order valence-corrected chi connectivity index (χ4v) is 2.29. The van der Waals surface area contributed by atoms with E-state index in [-0.39, 0.29) is 17.9 Å². The summed E-state index contributed by atoms with van der Waals surface area (Å²) in [5.74, 6) is -2.01. The molecule has 0 aromatic heterocycles. The van der Waals surface area contributed by atoms with E-state index in [9.17, 15) is 14.4 Å². The third-order valence-electron chi connectivity index (χ3n) is 3.52.